The Hall–Kier alpha value is -0.980. The summed E-state index contributed by atoms with van der Waals surface area (Å²) in [6.07, 6.45) is 3.52. The molecule has 5 nitrogen and oxygen atoms in total. The van der Waals surface area contributed by atoms with Gasteiger partial charge in [0.05, 0.1) is 0 Å². The predicted molar refractivity (Wildman–Crippen MR) is 83.4 cm³/mol. The highest BCUT2D eigenvalue weighted by Gasteiger charge is 2.37. The summed E-state index contributed by atoms with van der Waals surface area (Å²) in [6.45, 7) is 8.38. The lowest BCUT2D eigenvalue weighted by Gasteiger charge is -2.26. The van der Waals surface area contributed by atoms with Gasteiger partial charge in [0, 0.05) is 25.3 Å². The third-order valence-corrected chi connectivity index (χ3v) is 5.81. The first-order valence-electron chi connectivity index (χ1n) is 7.64. The molecule has 1 aromatic heterocycles. The highest BCUT2D eigenvalue weighted by atomic mass is 32.2. The van der Waals surface area contributed by atoms with Gasteiger partial charge in [0.15, 0.2) is 5.03 Å². The average molecular weight is 311 g/mol. The Morgan fingerprint density at radius 3 is 2.76 bits per heavy atom. The minimum Gasteiger partial charge on any atom is -0.313 e. The van der Waals surface area contributed by atoms with E-state index in [0.29, 0.717) is 19.0 Å². The summed E-state index contributed by atoms with van der Waals surface area (Å²) in [4.78, 5) is 4.17. The van der Waals surface area contributed by atoms with Gasteiger partial charge in [-0.05, 0) is 36.9 Å². The van der Waals surface area contributed by atoms with Crippen LogP contribution in [0.4, 0.5) is 0 Å². The van der Waals surface area contributed by atoms with E-state index < -0.39 is 10.0 Å². The minimum absolute atomic E-state index is 0.0956. The van der Waals surface area contributed by atoms with Crippen molar-refractivity contribution in [1.82, 2.24) is 14.6 Å². The molecule has 1 saturated heterocycles. The molecule has 1 aliphatic heterocycles. The molecule has 6 heteroatoms. The monoisotopic (exact) mass is 311 g/mol. The van der Waals surface area contributed by atoms with Crippen LogP contribution < -0.4 is 5.32 Å². The summed E-state index contributed by atoms with van der Waals surface area (Å²) in [6, 6.07) is 3.55. The van der Waals surface area contributed by atoms with Crippen LogP contribution in [0.3, 0.4) is 0 Å². The number of sulfonamides is 1. The molecule has 1 atom stereocenters. The van der Waals surface area contributed by atoms with Crippen molar-refractivity contribution in [1.29, 1.82) is 0 Å². The van der Waals surface area contributed by atoms with Crippen molar-refractivity contribution in [3.8, 4) is 0 Å². The Balaban J connectivity index is 2.19. The Bertz CT molecular complexity index is 555. The van der Waals surface area contributed by atoms with Gasteiger partial charge in [0.2, 0.25) is 0 Å². The summed E-state index contributed by atoms with van der Waals surface area (Å²) in [7, 11) is -3.47. The highest BCUT2D eigenvalue weighted by molar-refractivity contribution is 7.89. The quantitative estimate of drug-likeness (QED) is 0.873. The number of hydrogen-bond donors (Lipinski definition) is 1. The van der Waals surface area contributed by atoms with Gasteiger partial charge < -0.3 is 5.32 Å². The molecule has 0 spiro atoms. The lowest BCUT2D eigenvalue weighted by Crippen LogP contribution is -2.38. The van der Waals surface area contributed by atoms with Crippen molar-refractivity contribution < 1.29 is 8.42 Å². The number of pyridine rings is 1. The van der Waals surface area contributed by atoms with Gasteiger partial charge in [0.25, 0.3) is 10.0 Å². The third-order valence-electron chi connectivity index (χ3n) is 3.97. The Morgan fingerprint density at radius 2 is 2.19 bits per heavy atom. The molecule has 1 unspecified atom stereocenters. The van der Waals surface area contributed by atoms with Gasteiger partial charge in [-0.3, -0.25) is 0 Å². The zero-order valence-corrected chi connectivity index (χ0v) is 13.9. The van der Waals surface area contributed by atoms with E-state index in [9.17, 15) is 8.42 Å². The fourth-order valence-corrected chi connectivity index (χ4v) is 4.53. The SMILES string of the molecule is CCNCc1ccc(S(=O)(=O)N2CCCC2C(C)C)nc1. The van der Waals surface area contributed by atoms with Crippen molar-refractivity contribution in [3.05, 3.63) is 23.9 Å². The molecule has 1 N–H and O–H groups in total. The Labute approximate surface area is 127 Å². The first-order chi connectivity index (χ1) is 9.96. The summed E-state index contributed by atoms with van der Waals surface area (Å²) in [5.41, 5.74) is 0.998. The second kappa shape index (κ2) is 6.85. The molecule has 1 fully saturated rings. The van der Waals surface area contributed by atoms with Crippen LogP contribution in [-0.2, 0) is 16.6 Å². The number of nitrogens with zero attached hydrogens (tertiary/aromatic N) is 2. The van der Waals surface area contributed by atoms with E-state index in [1.807, 2.05) is 13.0 Å². The molecule has 0 radical (unpaired) electrons. The van der Waals surface area contributed by atoms with Gasteiger partial charge in [-0.25, -0.2) is 13.4 Å². The normalized spacial score (nSPS) is 20.3. The van der Waals surface area contributed by atoms with Crippen LogP contribution in [-0.4, -0.2) is 36.8 Å². The smallest absolute Gasteiger partial charge is 0.260 e. The number of aromatic nitrogens is 1. The fraction of sp³-hybridized carbons (Fsp3) is 0.667. The van der Waals surface area contributed by atoms with Crippen molar-refractivity contribution in [2.45, 2.75) is 51.2 Å². The van der Waals surface area contributed by atoms with Gasteiger partial charge >= 0.3 is 0 Å². The summed E-state index contributed by atoms with van der Waals surface area (Å²) in [5, 5.41) is 3.36. The predicted octanol–water partition coefficient (Wildman–Crippen LogP) is 2.00. The van der Waals surface area contributed by atoms with E-state index in [0.717, 1.165) is 24.9 Å². The van der Waals surface area contributed by atoms with Crippen LogP contribution >= 0.6 is 0 Å². The fourth-order valence-electron chi connectivity index (χ4n) is 2.79. The second-order valence-corrected chi connectivity index (χ2v) is 7.69. The van der Waals surface area contributed by atoms with Gasteiger partial charge in [0.1, 0.15) is 0 Å². The third kappa shape index (κ3) is 3.62. The Kier molecular flexibility index (Phi) is 5.35. The second-order valence-electron chi connectivity index (χ2n) is 5.85. The molecule has 2 rings (SSSR count). The zero-order chi connectivity index (χ0) is 15.5. The summed E-state index contributed by atoms with van der Waals surface area (Å²) in [5.74, 6) is 0.329. The van der Waals surface area contributed by atoms with Crippen LogP contribution in [0.15, 0.2) is 23.4 Å². The van der Waals surface area contributed by atoms with Crippen molar-refractivity contribution in [3.63, 3.8) is 0 Å². The molecule has 118 valence electrons. The summed E-state index contributed by atoms with van der Waals surface area (Å²) >= 11 is 0. The molecule has 0 amide bonds. The van der Waals surface area contributed by atoms with Crippen molar-refractivity contribution in [2.75, 3.05) is 13.1 Å². The number of rotatable bonds is 6. The van der Waals surface area contributed by atoms with Crippen LogP contribution in [0.2, 0.25) is 0 Å². The van der Waals surface area contributed by atoms with Crippen molar-refractivity contribution in [2.24, 2.45) is 5.92 Å². The molecule has 0 bridgehead atoms. The van der Waals surface area contributed by atoms with E-state index in [2.05, 4.69) is 24.1 Å². The van der Waals surface area contributed by atoms with Gasteiger partial charge in [-0.15, -0.1) is 0 Å². The van der Waals surface area contributed by atoms with Crippen LogP contribution in [0, 0.1) is 5.92 Å². The van der Waals surface area contributed by atoms with E-state index in [1.165, 1.54) is 0 Å². The molecule has 1 aromatic rings. The van der Waals surface area contributed by atoms with Crippen LogP contribution in [0.25, 0.3) is 0 Å². The van der Waals surface area contributed by atoms with E-state index >= 15 is 0 Å². The van der Waals surface area contributed by atoms with Crippen LogP contribution in [0.1, 0.15) is 39.2 Å². The highest BCUT2D eigenvalue weighted by Crippen LogP contribution is 2.29. The van der Waals surface area contributed by atoms with Gasteiger partial charge in [-0.1, -0.05) is 26.8 Å². The number of nitrogens with one attached hydrogen (secondary N) is 1. The molecule has 0 saturated carbocycles. The number of hydrogen-bond acceptors (Lipinski definition) is 4. The molecular weight excluding hydrogens is 286 g/mol. The van der Waals surface area contributed by atoms with Gasteiger partial charge in [-0.2, -0.15) is 4.31 Å². The lowest BCUT2D eigenvalue weighted by molar-refractivity contribution is 0.315. The minimum atomic E-state index is -3.47. The topological polar surface area (TPSA) is 62.3 Å². The van der Waals surface area contributed by atoms with E-state index in [-0.39, 0.29) is 11.1 Å². The van der Waals surface area contributed by atoms with E-state index in [4.69, 9.17) is 0 Å². The maximum Gasteiger partial charge on any atom is 0.260 e. The van der Waals surface area contributed by atoms with E-state index in [1.54, 1.807) is 16.6 Å². The Morgan fingerprint density at radius 1 is 1.43 bits per heavy atom. The first-order valence-corrected chi connectivity index (χ1v) is 9.08. The maximum absolute atomic E-state index is 12.7. The maximum atomic E-state index is 12.7. The molecule has 21 heavy (non-hydrogen) atoms. The molecule has 0 aliphatic carbocycles. The average Bonchev–Trinajstić information content (AvgIpc) is 2.96. The lowest BCUT2D eigenvalue weighted by atomic mass is 10.0. The standard InChI is InChI=1S/C15H25N3O2S/c1-4-16-10-13-7-8-15(17-11-13)21(19,20)18-9-5-6-14(18)12(2)3/h7-8,11-12,14,16H,4-6,9-10H2,1-3H3. The molecular formula is C15H25N3O2S. The molecule has 0 aromatic carbocycles. The summed E-state index contributed by atoms with van der Waals surface area (Å²) < 4.78 is 27.1. The molecule has 1 aliphatic rings. The van der Waals surface area contributed by atoms with Crippen molar-refractivity contribution >= 4 is 10.0 Å². The zero-order valence-electron chi connectivity index (χ0n) is 13.0. The largest absolute Gasteiger partial charge is 0.313 e. The molecule has 2 heterocycles. The first kappa shape index (κ1) is 16.4. The van der Waals surface area contributed by atoms with Crippen LogP contribution in [0.5, 0.6) is 0 Å².